The molecule has 2 rings (SSSR count). The van der Waals surface area contributed by atoms with Crippen molar-refractivity contribution in [2.45, 2.75) is 13.2 Å². The minimum Gasteiger partial charge on any atom is -0.484 e. The molecule has 0 spiro atoms. The van der Waals surface area contributed by atoms with Crippen LogP contribution < -0.4 is 10.5 Å². The maximum absolute atomic E-state index is 6.04. The maximum Gasteiger partial charge on any atom is 0.212 e. The second kappa shape index (κ2) is 5.11. The Kier molecular flexibility index (Phi) is 3.55. The van der Waals surface area contributed by atoms with Gasteiger partial charge in [-0.15, -0.1) is 10.2 Å². The average Bonchev–Trinajstić information content (AvgIpc) is 2.73. The Morgan fingerprint density at radius 3 is 2.88 bits per heavy atom. The van der Waals surface area contributed by atoms with E-state index in [9.17, 15) is 0 Å². The van der Waals surface area contributed by atoms with Crippen LogP contribution in [0.15, 0.2) is 18.2 Å². The molecule has 0 aliphatic rings. The van der Waals surface area contributed by atoms with Crippen LogP contribution in [0.2, 0.25) is 5.02 Å². The minimum atomic E-state index is 0.232. The first-order valence-electron chi connectivity index (χ1n) is 5.03. The zero-order valence-electron chi connectivity index (χ0n) is 9.30. The highest BCUT2D eigenvalue weighted by atomic mass is 35.5. The summed E-state index contributed by atoms with van der Waals surface area (Å²) in [6.45, 7) is 0.682. The van der Waals surface area contributed by atoms with E-state index < -0.39 is 0 Å². The Balaban J connectivity index is 2.04. The second-order valence-corrected chi connectivity index (χ2v) is 3.86. The Labute approximate surface area is 103 Å². The van der Waals surface area contributed by atoms with Gasteiger partial charge in [0.1, 0.15) is 5.75 Å². The van der Waals surface area contributed by atoms with Gasteiger partial charge in [0, 0.05) is 6.54 Å². The number of rotatable bonds is 4. The standard InChI is InChI=1S/C10H12ClN5O/c1-16-14-10(13-15-16)6-17-9-3-2-7(5-12)4-8(9)11/h2-4H,5-6,12H2,1H3. The molecular weight excluding hydrogens is 242 g/mol. The molecule has 2 N–H and O–H groups in total. The smallest absolute Gasteiger partial charge is 0.212 e. The van der Waals surface area contributed by atoms with Gasteiger partial charge >= 0.3 is 0 Å². The van der Waals surface area contributed by atoms with E-state index in [1.54, 1.807) is 19.2 Å². The van der Waals surface area contributed by atoms with E-state index in [2.05, 4.69) is 15.4 Å². The van der Waals surface area contributed by atoms with E-state index in [4.69, 9.17) is 22.1 Å². The zero-order valence-corrected chi connectivity index (χ0v) is 10.1. The minimum absolute atomic E-state index is 0.232. The van der Waals surface area contributed by atoms with Gasteiger partial charge in [-0.25, -0.2) is 0 Å². The lowest BCUT2D eigenvalue weighted by molar-refractivity contribution is 0.295. The zero-order chi connectivity index (χ0) is 12.3. The van der Waals surface area contributed by atoms with Crippen LogP contribution in [0.25, 0.3) is 0 Å². The first-order valence-corrected chi connectivity index (χ1v) is 5.41. The van der Waals surface area contributed by atoms with Gasteiger partial charge in [0.2, 0.25) is 5.82 Å². The van der Waals surface area contributed by atoms with Gasteiger partial charge in [-0.05, 0) is 22.9 Å². The molecule has 0 aliphatic carbocycles. The van der Waals surface area contributed by atoms with Gasteiger partial charge in [0.25, 0.3) is 0 Å². The molecule has 90 valence electrons. The van der Waals surface area contributed by atoms with Crippen LogP contribution in [-0.4, -0.2) is 20.2 Å². The summed E-state index contributed by atoms with van der Waals surface area (Å²) in [5.41, 5.74) is 6.46. The monoisotopic (exact) mass is 253 g/mol. The molecule has 0 saturated carbocycles. The molecule has 1 aromatic carbocycles. The van der Waals surface area contributed by atoms with E-state index in [0.717, 1.165) is 5.56 Å². The first-order chi connectivity index (χ1) is 8.19. The van der Waals surface area contributed by atoms with Crippen LogP contribution in [0, 0.1) is 0 Å². The van der Waals surface area contributed by atoms with Crippen molar-refractivity contribution in [3.05, 3.63) is 34.6 Å². The largest absolute Gasteiger partial charge is 0.484 e. The fourth-order valence-corrected chi connectivity index (χ4v) is 1.57. The third kappa shape index (κ3) is 2.92. The molecule has 1 heterocycles. The quantitative estimate of drug-likeness (QED) is 0.876. The molecule has 0 aliphatic heterocycles. The number of aryl methyl sites for hydroxylation is 1. The van der Waals surface area contributed by atoms with Gasteiger partial charge in [0.05, 0.1) is 12.1 Å². The van der Waals surface area contributed by atoms with Crippen LogP contribution in [0.4, 0.5) is 0 Å². The lowest BCUT2D eigenvalue weighted by Crippen LogP contribution is -2.01. The molecule has 0 fully saturated rings. The predicted octanol–water partition coefficient (Wildman–Crippen LogP) is 0.901. The summed E-state index contributed by atoms with van der Waals surface area (Å²) in [4.78, 5) is 1.37. The molecule has 2 aromatic rings. The highest BCUT2D eigenvalue weighted by molar-refractivity contribution is 6.32. The summed E-state index contributed by atoms with van der Waals surface area (Å²) in [5, 5.41) is 12.0. The van der Waals surface area contributed by atoms with Crippen molar-refractivity contribution in [1.29, 1.82) is 0 Å². The van der Waals surface area contributed by atoms with E-state index in [-0.39, 0.29) is 6.61 Å². The number of hydrogen-bond acceptors (Lipinski definition) is 5. The molecule has 1 aromatic heterocycles. The van der Waals surface area contributed by atoms with Gasteiger partial charge in [-0.1, -0.05) is 17.7 Å². The molecule has 6 nitrogen and oxygen atoms in total. The van der Waals surface area contributed by atoms with E-state index in [0.29, 0.717) is 23.1 Å². The van der Waals surface area contributed by atoms with Gasteiger partial charge in [0.15, 0.2) is 6.61 Å². The van der Waals surface area contributed by atoms with Crippen molar-refractivity contribution in [2.75, 3.05) is 0 Å². The number of aromatic nitrogens is 4. The summed E-state index contributed by atoms with van der Waals surface area (Å²) >= 11 is 6.04. The molecule has 7 heteroatoms. The number of benzene rings is 1. The molecule has 0 radical (unpaired) electrons. The summed E-state index contributed by atoms with van der Waals surface area (Å²) < 4.78 is 5.48. The van der Waals surface area contributed by atoms with Crippen molar-refractivity contribution < 1.29 is 4.74 Å². The van der Waals surface area contributed by atoms with Crippen molar-refractivity contribution in [1.82, 2.24) is 20.2 Å². The van der Waals surface area contributed by atoms with E-state index in [1.165, 1.54) is 4.80 Å². The third-order valence-electron chi connectivity index (χ3n) is 2.14. The lowest BCUT2D eigenvalue weighted by Gasteiger charge is -2.06. The number of halogens is 1. The number of nitrogens with zero attached hydrogens (tertiary/aromatic N) is 4. The van der Waals surface area contributed by atoms with E-state index in [1.807, 2.05) is 6.07 Å². The highest BCUT2D eigenvalue weighted by Gasteiger charge is 2.05. The van der Waals surface area contributed by atoms with Crippen molar-refractivity contribution in [3.63, 3.8) is 0 Å². The number of ether oxygens (including phenoxy) is 1. The Morgan fingerprint density at radius 1 is 1.47 bits per heavy atom. The highest BCUT2D eigenvalue weighted by Crippen LogP contribution is 2.25. The number of tetrazole rings is 1. The molecule has 0 bridgehead atoms. The summed E-state index contributed by atoms with van der Waals surface area (Å²) in [6, 6.07) is 5.42. The number of nitrogens with two attached hydrogens (primary N) is 1. The summed E-state index contributed by atoms with van der Waals surface area (Å²) in [6.07, 6.45) is 0. The lowest BCUT2D eigenvalue weighted by atomic mass is 10.2. The fraction of sp³-hybridized carbons (Fsp3) is 0.300. The molecule has 0 saturated heterocycles. The normalized spacial score (nSPS) is 10.5. The van der Waals surface area contributed by atoms with E-state index >= 15 is 0 Å². The van der Waals surface area contributed by atoms with Crippen LogP contribution >= 0.6 is 11.6 Å². The molecular formula is C10H12ClN5O. The Morgan fingerprint density at radius 2 is 2.29 bits per heavy atom. The van der Waals surface area contributed by atoms with Crippen LogP contribution in [0.3, 0.4) is 0 Å². The van der Waals surface area contributed by atoms with Crippen LogP contribution in [-0.2, 0) is 20.2 Å². The van der Waals surface area contributed by atoms with Gasteiger partial charge in [-0.3, -0.25) is 0 Å². The molecule has 0 unspecified atom stereocenters. The molecule has 17 heavy (non-hydrogen) atoms. The molecule has 0 atom stereocenters. The van der Waals surface area contributed by atoms with Gasteiger partial charge in [-0.2, -0.15) is 4.80 Å². The summed E-state index contributed by atoms with van der Waals surface area (Å²) in [5.74, 6) is 1.09. The van der Waals surface area contributed by atoms with Gasteiger partial charge < -0.3 is 10.5 Å². The molecule has 0 amide bonds. The average molecular weight is 254 g/mol. The Bertz CT molecular complexity index is 513. The predicted molar refractivity (Wildman–Crippen MR) is 62.5 cm³/mol. The topological polar surface area (TPSA) is 78.8 Å². The van der Waals surface area contributed by atoms with Crippen molar-refractivity contribution in [2.24, 2.45) is 12.8 Å². The van der Waals surface area contributed by atoms with Crippen molar-refractivity contribution >= 4 is 11.6 Å². The van der Waals surface area contributed by atoms with Crippen LogP contribution in [0.5, 0.6) is 5.75 Å². The maximum atomic E-state index is 6.04. The third-order valence-corrected chi connectivity index (χ3v) is 2.43. The van der Waals surface area contributed by atoms with Crippen molar-refractivity contribution in [3.8, 4) is 5.75 Å². The second-order valence-electron chi connectivity index (χ2n) is 3.45. The Hall–Kier alpha value is -1.66. The SMILES string of the molecule is Cn1nnc(COc2ccc(CN)cc2Cl)n1. The summed E-state index contributed by atoms with van der Waals surface area (Å²) in [7, 11) is 1.69. The fourth-order valence-electron chi connectivity index (χ4n) is 1.31. The first kappa shape index (κ1) is 11.8. The van der Waals surface area contributed by atoms with Crippen LogP contribution in [0.1, 0.15) is 11.4 Å². The number of hydrogen-bond donors (Lipinski definition) is 1.